The topological polar surface area (TPSA) is 62.3 Å². The number of thiazole rings is 1. The van der Waals surface area contributed by atoms with Crippen LogP contribution in [0.15, 0.2) is 24.3 Å². The van der Waals surface area contributed by atoms with Gasteiger partial charge in [-0.1, -0.05) is 12.1 Å². The molecule has 124 valence electrons. The van der Waals surface area contributed by atoms with Crippen LogP contribution in [-0.2, 0) is 22.4 Å². The van der Waals surface area contributed by atoms with E-state index in [0.717, 1.165) is 25.0 Å². The van der Waals surface area contributed by atoms with E-state index in [4.69, 9.17) is 0 Å². The van der Waals surface area contributed by atoms with Gasteiger partial charge in [-0.3, -0.25) is 9.59 Å². The van der Waals surface area contributed by atoms with Crippen molar-refractivity contribution in [2.24, 2.45) is 5.92 Å². The number of para-hydroxylation sites is 1. The van der Waals surface area contributed by atoms with E-state index in [9.17, 15) is 14.0 Å². The van der Waals surface area contributed by atoms with Gasteiger partial charge >= 0.3 is 0 Å². The molecule has 1 aliphatic heterocycles. The average Bonchev–Trinajstić information content (AvgIpc) is 3.22. The maximum Gasteiger partial charge on any atom is 0.231 e. The van der Waals surface area contributed by atoms with Gasteiger partial charge in [0.2, 0.25) is 11.8 Å². The van der Waals surface area contributed by atoms with E-state index < -0.39 is 11.7 Å². The molecule has 4 rings (SSSR count). The molecule has 2 heterocycles. The summed E-state index contributed by atoms with van der Waals surface area (Å²) in [5, 5.41) is 3.41. The number of carbonyl (C=O) groups is 2. The zero-order valence-electron chi connectivity index (χ0n) is 12.9. The molecule has 24 heavy (non-hydrogen) atoms. The van der Waals surface area contributed by atoms with Crippen LogP contribution in [-0.4, -0.2) is 23.3 Å². The summed E-state index contributed by atoms with van der Waals surface area (Å²) in [6.07, 6.45) is 3.19. The minimum absolute atomic E-state index is 0.0885. The van der Waals surface area contributed by atoms with Crippen LogP contribution < -0.4 is 10.2 Å². The van der Waals surface area contributed by atoms with Gasteiger partial charge in [-0.2, -0.15) is 0 Å². The monoisotopic (exact) mass is 345 g/mol. The van der Waals surface area contributed by atoms with Crippen LogP contribution in [0.25, 0.3) is 0 Å². The van der Waals surface area contributed by atoms with Crippen molar-refractivity contribution in [1.29, 1.82) is 0 Å². The zero-order valence-corrected chi connectivity index (χ0v) is 13.7. The third kappa shape index (κ3) is 2.69. The lowest BCUT2D eigenvalue weighted by atomic mass is 10.1. The number of benzene rings is 1. The summed E-state index contributed by atoms with van der Waals surface area (Å²) < 4.78 is 13.9. The summed E-state index contributed by atoms with van der Waals surface area (Å²) >= 11 is 1.51. The number of halogens is 1. The Morgan fingerprint density at radius 2 is 2.17 bits per heavy atom. The molecule has 1 aliphatic carbocycles. The fraction of sp³-hybridized carbons (Fsp3) is 0.353. The molecule has 0 bridgehead atoms. The number of anilines is 2. The quantitative estimate of drug-likeness (QED) is 0.930. The molecule has 0 radical (unpaired) electrons. The highest BCUT2D eigenvalue weighted by Gasteiger charge is 2.36. The first-order valence-electron chi connectivity index (χ1n) is 7.96. The molecule has 1 unspecified atom stereocenters. The zero-order chi connectivity index (χ0) is 16.7. The molecule has 1 fully saturated rings. The SMILES string of the molecule is O=C(Nc1nc2c(s1)CCC2)C1CC(=O)N(c2ccccc2F)C1. The Bertz CT molecular complexity index is 798. The third-order valence-electron chi connectivity index (χ3n) is 4.46. The Hall–Kier alpha value is -2.28. The molecule has 1 atom stereocenters. The van der Waals surface area contributed by atoms with E-state index in [1.165, 1.54) is 27.2 Å². The summed E-state index contributed by atoms with van der Waals surface area (Å²) in [5.41, 5.74) is 1.30. The first-order valence-corrected chi connectivity index (χ1v) is 8.78. The highest BCUT2D eigenvalue weighted by molar-refractivity contribution is 7.15. The van der Waals surface area contributed by atoms with Gasteiger partial charge in [0.05, 0.1) is 17.3 Å². The largest absolute Gasteiger partial charge is 0.309 e. The summed E-state index contributed by atoms with van der Waals surface area (Å²) in [7, 11) is 0. The molecule has 1 aromatic carbocycles. The van der Waals surface area contributed by atoms with Crippen LogP contribution >= 0.6 is 11.3 Å². The van der Waals surface area contributed by atoms with Crippen molar-refractivity contribution in [1.82, 2.24) is 4.98 Å². The predicted octanol–water partition coefficient (Wildman–Crippen LogP) is 2.76. The number of rotatable bonds is 3. The van der Waals surface area contributed by atoms with Gasteiger partial charge in [0.1, 0.15) is 5.82 Å². The van der Waals surface area contributed by atoms with Gasteiger partial charge in [0, 0.05) is 17.8 Å². The van der Waals surface area contributed by atoms with Gasteiger partial charge in [0.15, 0.2) is 5.13 Å². The van der Waals surface area contributed by atoms with Crippen LogP contribution in [0.5, 0.6) is 0 Å². The van der Waals surface area contributed by atoms with Gasteiger partial charge in [-0.15, -0.1) is 11.3 Å². The molecule has 1 N–H and O–H groups in total. The predicted molar refractivity (Wildman–Crippen MR) is 89.6 cm³/mol. The number of hydrogen-bond acceptors (Lipinski definition) is 4. The van der Waals surface area contributed by atoms with E-state index in [1.54, 1.807) is 18.2 Å². The van der Waals surface area contributed by atoms with Crippen molar-refractivity contribution >= 4 is 34.0 Å². The maximum absolute atomic E-state index is 13.9. The fourth-order valence-electron chi connectivity index (χ4n) is 3.24. The standard InChI is InChI=1S/C17H16FN3O2S/c18-11-4-1-2-6-13(11)21-9-10(8-15(21)22)16(23)20-17-19-12-5-3-7-14(12)24-17/h1-2,4,6,10H,3,5,7-9H2,(H,19,20,23). The van der Waals surface area contributed by atoms with Crippen molar-refractivity contribution in [3.63, 3.8) is 0 Å². The lowest BCUT2D eigenvalue weighted by molar-refractivity contribution is -0.122. The van der Waals surface area contributed by atoms with E-state index >= 15 is 0 Å². The number of nitrogens with one attached hydrogen (secondary N) is 1. The molecular weight excluding hydrogens is 329 g/mol. The smallest absolute Gasteiger partial charge is 0.231 e. The lowest BCUT2D eigenvalue weighted by Crippen LogP contribution is -2.28. The van der Waals surface area contributed by atoms with Gasteiger partial charge in [0.25, 0.3) is 0 Å². The molecule has 1 aromatic heterocycles. The van der Waals surface area contributed by atoms with Crippen molar-refractivity contribution in [2.45, 2.75) is 25.7 Å². The van der Waals surface area contributed by atoms with E-state index in [-0.39, 0.29) is 30.5 Å². The van der Waals surface area contributed by atoms with Crippen molar-refractivity contribution < 1.29 is 14.0 Å². The minimum Gasteiger partial charge on any atom is -0.309 e. The van der Waals surface area contributed by atoms with Gasteiger partial charge < -0.3 is 10.2 Å². The number of amides is 2. The van der Waals surface area contributed by atoms with Crippen LogP contribution in [0.3, 0.4) is 0 Å². The van der Waals surface area contributed by atoms with E-state index in [1.807, 2.05) is 0 Å². The summed E-state index contributed by atoms with van der Waals surface area (Å²) in [5.74, 6) is -1.41. The first kappa shape index (κ1) is 15.3. The Kier molecular flexibility index (Phi) is 3.80. The molecular formula is C17H16FN3O2S. The van der Waals surface area contributed by atoms with Crippen LogP contribution in [0.4, 0.5) is 15.2 Å². The number of fused-ring (bicyclic) bond motifs is 1. The second-order valence-corrected chi connectivity index (χ2v) is 7.17. The van der Waals surface area contributed by atoms with Crippen molar-refractivity contribution in [2.75, 3.05) is 16.8 Å². The molecule has 2 aromatic rings. The molecule has 0 spiro atoms. The molecule has 2 aliphatic rings. The lowest BCUT2D eigenvalue weighted by Gasteiger charge is -2.17. The second kappa shape index (κ2) is 5.98. The van der Waals surface area contributed by atoms with Gasteiger partial charge in [-0.25, -0.2) is 9.37 Å². The van der Waals surface area contributed by atoms with Gasteiger partial charge in [-0.05, 0) is 31.4 Å². The van der Waals surface area contributed by atoms with Crippen molar-refractivity contribution in [3.8, 4) is 0 Å². The average molecular weight is 345 g/mol. The summed E-state index contributed by atoms with van der Waals surface area (Å²) in [4.78, 5) is 31.6. The second-order valence-electron chi connectivity index (χ2n) is 6.09. The Morgan fingerprint density at radius 1 is 1.33 bits per heavy atom. The molecule has 5 nitrogen and oxygen atoms in total. The molecule has 2 amide bonds. The number of carbonyl (C=O) groups excluding carboxylic acids is 2. The number of aryl methyl sites for hydroxylation is 2. The molecule has 0 saturated carbocycles. The summed E-state index contributed by atoms with van der Waals surface area (Å²) in [6.45, 7) is 0.191. The minimum atomic E-state index is -0.490. The normalized spacial score (nSPS) is 19.6. The maximum atomic E-state index is 13.9. The number of hydrogen-bond donors (Lipinski definition) is 1. The molecule has 1 saturated heterocycles. The van der Waals surface area contributed by atoms with Crippen molar-refractivity contribution in [3.05, 3.63) is 40.7 Å². The highest BCUT2D eigenvalue weighted by atomic mass is 32.1. The van der Waals surface area contributed by atoms with Crippen LogP contribution in [0.1, 0.15) is 23.4 Å². The number of aromatic nitrogens is 1. The molecule has 7 heteroatoms. The van der Waals surface area contributed by atoms with Crippen LogP contribution in [0, 0.1) is 11.7 Å². The summed E-state index contributed by atoms with van der Waals surface area (Å²) in [6, 6.07) is 6.12. The third-order valence-corrected chi connectivity index (χ3v) is 5.54. The Morgan fingerprint density at radius 3 is 2.96 bits per heavy atom. The van der Waals surface area contributed by atoms with E-state index in [0.29, 0.717) is 5.13 Å². The van der Waals surface area contributed by atoms with Crippen LogP contribution in [0.2, 0.25) is 0 Å². The first-order chi connectivity index (χ1) is 11.6. The number of nitrogens with zero attached hydrogens (tertiary/aromatic N) is 2. The Labute approximate surface area is 142 Å². The Balaban J connectivity index is 1.46. The fourth-order valence-corrected chi connectivity index (χ4v) is 4.29. The van der Waals surface area contributed by atoms with E-state index in [2.05, 4.69) is 10.3 Å². The highest BCUT2D eigenvalue weighted by Crippen LogP contribution is 2.32.